The van der Waals surface area contributed by atoms with E-state index in [4.69, 9.17) is 9.84 Å². The number of carboxylic acid groups (broad SMARTS) is 1. The van der Waals surface area contributed by atoms with E-state index in [1.807, 2.05) is 0 Å². The SMILES string of the molecule is CC1(C)OC(C)(C)C(CC(=O)O)C1=O. The lowest BCUT2D eigenvalue weighted by Crippen LogP contribution is -2.32. The summed E-state index contributed by atoms with van der Waals surface area (Å²) in [7, 11) is 0. The van der Waals surface area contributed by atoms with Crippen molar-refractivity contribution >= 4 is 11.8 Å². The van der Waals surface area contributed by atoms with Gasteiger partial charge in [0.05, 0.1) is 17.9 Å². The molecule has 1 heterocycles. The molecule has 1 saturated heterocycles. The Morgan fingerprint density at radius 1 is 1.43 bits per heavy atom. The minimum Gasteiger partial charge on any atom is -0.481 e. The van der Waals surface area contributed by atoms with Crippen LogP contribution in [0, 0.1) is 5.92 Å². The molecule has 14 heavy (non-hydrogen) atoms. The Balaban J connectivity index is 2.94. The second-order valence-electron chi connectivity index (χ2n) is 4.73. The summed E-state index contributed by atoms with van der Waals surface area (Å²) < 4.78 is 5.55. The second kappa shape index (κ2) is 3.05. The van der Waals surface area contributed by atoms with Gasteiger partial charge >= 0.3 is 5.97 Å². The number of Topliss-reactive ketones (excluding diaryl/α,β-unsaturated/α-hetero) is 1. The average Bonchev–Trinajstić information content (AvgIpc) is 2.08. The monoisotopic (exact) mass is 200 g/mol. The maximum Gasteiger partial charge on any atom is 0.304 e. The molecule has 0 aromatic carbocycles. The van der Waals surface area contributed by atoms with Crippen LogP contribution in [0.4, 0.5) is 0 Å². The van der Waals surface area contributed by atoms with Gasteiger partial charge in [-0.3, -0.25) is 9.59 Å². The number of carboxylic acids is 1. The average molecular weight is 200 g/mol. The smallest absolute Gasteiger partial charge is 0.304 e. The first kappa shape index (κ1) is 11.2. The Kier molecular flexibility index (Phi) is 2.44. The van der Waals surface area contributed by atoms with Gasteiger partial charge in [-0.2, -0.15) is 0 Å². The van der Waals surface area contributed by atoms with E-state index in [0.717, 1.165) is 0 Å². The highest BCUT2D eigenvalue weighted by Gasteiger charge is 2.53. The number of carbonyl (C=O) groups is 2. The zero-order valence-electron chi connectivity index (χ0n) is 8.96. The molecule has 0 spiro atoms. The molecular formula is C10H16O4. The normalized spacial score (nSPS) is 29.1. The fourth-order valence-electron chi connectivity index (χ4n) is 2.03. The van der Waals surface area contributed by atoms with Crippen molar-refractivity contribution in [3.05, 3.63) is 0 Å². The molecule has 1 fully saturated rings. The summed E-state index contributed by atoms with van der Waals surface area (Å²) in [5, 5.41) is 8.69. The molecule has 4 nitrogen and oxygen atoms in total. The summed E-state index contributed by atoms with van der Waals surface area (Å²) in [6.45, 7) is 6.87. The summed E-state index contributed by atoms with van der Waals surface area (Å²) in [6, 6.07) is 0. The summed E-state index contributed by atoms with van der Waals surface area (Å²) in [5.74, 6) is -1.63. The van der Waals surface area contributed by atoms with Gasteiger partial charge in [-0.15, -0.1) is 0 Å². The van der Waals surface area contributed by atoms with Crippen LogP contribution in [-0.2, 0) is 14.3 Å². The van der Waals surface area contributed by atoms with E-state index in [9.17, 15) is 9.59 Å². The van der Waals surface area contributed by atoms with Crippen LogP contribution < -0.4 is 0 Å². The van der Waals surface area contributed by atoms with Crippen LogP contribution in [0.3, 0.4) is 0 Å². The number of hydrogen-bond acceptors (Lipinski definition) is 3. The van der Waals surface area contributed by atoms with Crippen molar-refractivity contribution < 1.29 is 19.4 Å². The number of rotatable bonds is 2. The largest absolute Gasteiger partial charge is 0.481 e. The van der Waals surface area contributed by atoms with Crippen LogP contribution in [0.15, 0.2) is 0 Å². The molecule has 0 aromatic heterocycles. The molecule has 1 N–H and O–H groups in total. The fourth-order valence-corrected chi connectivity index (χ4v) is 2.03. The van der Waals surface area contributed by atoms with Crippen molar-refractivity contribution in [2.45, 2.75) is 45.3 Å². The molecule has 0 aromatic rings. The molecule has 0 bridgehead atoms. The standard InChI is InChI=1S/C10H16O4/c1-9(2)6(5-7(11)12)8(13)10(3,4)14-9/h6H,5H2,1-4H3,(H,11,12). The third-order valence-corrected chi connectivity index (χ3v) is 2.65. The van der Waals surface area contributed by atoms with E-state index >= 15 is 0 Å². The highest BCUT2D eigenvalue weighted by molar-refractivity contribution is 5.93. The van der Waals surface area contributed by atoms with E-state index in [0.29, 0.717) is 0 Å². The Morgan fingerprint density at radius 3 is 2.21 bits per heavy atom. The third-order valence-electron chi connectivity index (χ3n) is 2.65. The second-order valence-corrected chi connectivity index (χ2v) is 4.73. The van der Waals surface area contributed by atoms with E-state index in [1.54, 1.807) is 27.7 Å². The lowest BCUT2D eigenvalue weighted by molar-refractivity contribution is -0.141. The van der Waals surface area contributed by atoms with Crippen molar-refractivity contribution in [3.63, 3.8) is 0 Å². The van der Waals surface area contributed by atoms with E-state index in [-0.39, 0.29) is 12.2 Å². The van der Waals surface area contributed by atoms with Gasteiger partial charge in [0, 0.05) is 0 Å². The Labute approximate surface area is 83.2 Å². The van der Waals surface area contributed by atoms with Gasteiger partial charge in [0.25, 0.3) is 0 Å². The minimum absolute atomic E-state index is 0.120. The maximum absolute atomic E-state index is 11.8. The summed E-state index contributed by atoms with van der Waals surface area (Å²) >= 11 is 0. The Morgan fingerprint density at radius 2 is 1.93 bits per heavy atom. The van der Waals surface area contributed by atoms with Crippen LogP contribution in [0.1, 0.15) is 34.1 Å². The predicted molar refractivity (Wildman–Crippen MR) is 50.0 cm³/mol. The first-order valence-corrected chi connectivity index (χ1v) is 4.63. The summed E-state index contributed by atoms with van der Waals surface area (Å²) in [5.41, 5.74) is -1.54. The first-order chi connectivity index (χ1) is 6.17. The van der Waals surface area contributed by atoms with Gasteiger partial charge in [-0.05, 0) is 27.7 Å². The molecule has 0 radical (unpaired) electrons. The van der Waals surface area contributed by atoms with Crippen molar-refractivity contribution in [1.29, 1.82) is 0 Å². The van der Waals surface area contributed by atoms with Gasteiger partial charge in [-0.25, -0.2) is 0 Å². The molecule has 1 rings (SSSR count). The fraction of sp³-hybridized carbons (Fsp3) is 0.800. The number of ketones is 1. The van der Waals surface area contributed by atoms with Gasteiger partial charge in [0.2, 0.25) is 0 Å². The van der Waals surface area contributed by atoms with E-state index in [1.165, 1.54) is 0 Å². The highest BCUT2D eigenvalue weighted by Crippen LogP contribution is 2.40. The lowest BCUT2D eigenvalue weighted by atomic mass is 9.84. The summed E-state index contributed by atoms with van der Waals surface area (Å²) in [6.07, 6.45) is -0.157. The van der Waals surface area contributed by atoms with E-state index in [2.05, 4.69) is 0 Å². The molecule has 1 aliphatic rings. The van der Waals surface area contributed by atoms with Crippen LogP contribution in [0.5, 0.6) is 0 Å². The van der Waals surface area contributed by atoms with Crippen LogP contribution in [0.2, 0.25) is 0 Å². The Hall–Kier alpha value is -0.900. The molecule has 1 aliphatic heterocycles. The quantitative estimate of drug-likeness (QED) is 0.728. The molecule has 80 valence electrons. The topological polar surface area (TPSA) is 63.6 Å². The first-order valence-electron chi connectivity index (χ1n) is 4.63. The van der Waals surface area contributed by atoms with Crippen LogP contribution in [0.25, 0.3) is 0 Å². The molecule has 1 atom stereocenters. The third kappa shape index (κ3) is 1.80. The van der Waals surface area contributed by atoms with Gasteiger partial charge < -0.3 is 9.84 Å². The van der Waals surface area contributed by atoms with Crippen LogP contribution >= 0.6 is 0 Å². The molecule has 4 heteroatoms. The summed E-state index contributed by atoms with van der Waals surface area (Å²) in [4.78, 5) is 22.4. The van der Waals surface area contributed by atoms with Crippen molar-refractivity contribution in [1.82, 2.24) is 0 Å². The minimum atomic E-state index is -0.960. The molecule has 0 amide bonds. The zero-order chi connectivity index (χ0) is 11.1. The molecule has 1 unspecified atom stereocenters. The van der Waals surface area contributed by atoms with Gasteiger partial charge in [-0.1, -0.05) is 0 Å². The van der Waals surface area contributed by atoms with Gasteiger partial charge in [0.15, 0.2) is 5.78 Å². The zero-order valence-corrected chi connectivity index (χ0v) is 8.96. The van der Waals surface area contributed by atoms with Crippen molar-refractivity contribution in [2.75, 3.05) is 0 Å². The Bertz CT molecular complexity index is 278. The van der Waals surface area contributed by atoms with Crippen LogP contribution in [-0.4, -0.2) is 28.1 Å². The van der Waals surface area contributed by atoms with Gasteiger partial charge in [0.1, 0.15) is 5.60 Å². The maximum atomic E-state index is 11.8. The van der Waals surface area contributed by atoms with E-state index < -0.39 is 23.1 Å². The molecule has 0 aliphatic carbocycles. The molecule has 0 saturated carbocycles. The number of hydrogen-bond donors (Lipinski definition) is 1. The van der Waals surface area contributed by atoms with Crippen molar-refractivity contribution in [3.8, 4) is 0 Å². The number of carbonyl (C=O) groups excluding carboxylic acids is 1. The predicted octanol–water partition coefficient (Wildman–Crippen LogP) is 1.23. The number of aliphatic carboxylic acids is 1. The molecular weight excluding hydrogens is 184 g/mol. The highest BCUT2D eigenvalue weighted by atomic mass is 16.5. The number of ether oxygens (including phenoxy) is 1. The van der Waals surface area contributed by atoms with Crippen molar-refractivity contribution in [2.24, 2.45) is 5.92 Å². The lowest BCUT2D eigenvalue weighted by Gasteiger charge is -2.24.